The Morgan fingerprint density at radius 2 is 1.81 bits per heavy atom. The first-order valence-electron chi connectivity index (χ1n) is 8.66. The number of hydrogen-bond donors (Lipinski definition) is 1. The monoisotopic (exact) mass is 383 g/mol. The fraction of sp³-hybridized carbons (Fsp3) is 0.250. The van der Waals surface area contributed by atoms with Gasteiger partial charge in [-0.1, -0.05) is 6.07 Å². The molecule has 5 rings (SSSR count). The number of rotatable bonds is 3. The Bertz CT molecular complexity index is 1150. The van der Waals surface area contributed by atoms with Crippen molar-refractivity contribution in [1.29, 1.82) is 0 Å². The van der Waals surface area contributed by atoms with Crippen molar-refractivity contribution in [2.24, 2.45) is 5.92 Å². The van der Waals surface area contributed by atoms with Crippen LogP contribution in [0.3, 0.4) is 0 Å². The molecule has 4 nitrogen and oxygen atoms in total. The highest BCUT2D eigenvalue weighted by Gasteiger charge is 2.48. The third-order valence-electron chi connectivity index (χ3n) is 5.03. The number of fused-ring (bicyclic) bond motifs is 2. The van der Waals surface area contributed by atoms with Crippen LogP contribution in [0.1, 0.15) is 23.8 Å². The largest absolute Gasteiger partial charge is 0.387 e. The lowest BCUT2D eigenvalue weighted by molar-refractivity contribution is -0.141. The van der Waals surface area contributed by atoms with E-state index in [2.05, 4.69) is 9.97 Å². The minimum absolute atomic E-state index is 0.251. The predicted octanol–water partition coefficient (Wildman–Crippen LogP) is 4.99. The van der Waals surface area contributed by atoms with E-state index in [-0.39, 0.29) is 18.8 Å². The number of halogens is 2. The average Bonchev–Trinajstić information content (AvgIpc) is 3.08. The molecule has 1 aromatic carbocycles. The molecule has 1 atom stereocenters. The van der Waals surface area contributed by atoms with Gasteiger partial charge in [0, 0.05) is 47.0 Å². The maximum absolute atomic E-state index is 13.1. The van der Waals surface area contributed by atoms with Gasteiger partial charge in [0.2, 0.25) is 5.92 Å². The van der Waals surface area contributed by atoms with Gasteiger partial charge in [0.1, 0.15) is 4.83 Å². The second-order valence-corrected chi connectivity index (χ2v) is 8.03. The number of thiophene rings is 1. The van der Waals surface area contributed by atoms with E-state index >= 15 is 0 Å². The van der Waals surface area contributed by atoms with E-state index in [0.29, 0.717) is 4.88 Å². The summed E-state index contributed by atoms with van der Waals surface area (Å²) < 4.78 is 26.2. The topological polar surface area (TPSA) is 58.9 Å². The molecule has 3 heterocycles. The maximum atomic E-state index is 13.1. The summed E-state index contributed by atoms with van der Waals surface area (Å²) in [5, 5.41) is 11.3. The van der Waals surface area contributed by atoms with Gasteiger partial charge in [0.15, 0.2) is 0 Å². The fourth-order valence-electron chi connectivity index (χ4n) is 3.53. The normalized spacial score (nSPS) is 17.9. The summed E-state index contributed by atoms with van der Waals surface area (Å²) in [7, 11) is 0. The molecule has 0 bridgehead atoms. The van der Waals surface area contributed by atoms with Crippen LogP contribution >= 0.6 is 11.3 Å². The van der Waals surface area contributed by atoms with Crippen LogP contribution in [0.25, 0.3) is 32.5 Å². The zero-order valence-electron chi connectivity index (χ0n) is 14.1. The lowest BCUT2D eigenvalue weighted by Crippen LogP contribution is -2.38. The molecule has 0 saturated heterocycles. The van der Waals surface area contributed by atoms with Gasteiger partial charge in [0.05, 0.1) is 22.8 Å². The Morgan fingerprint density at radius 3 is 2.59 bits per heavy atom. The summed E-state index contributed by atoms with van der Waals surface area (Å²) in [5.41, 5.74) is 3.35. The van der Waals surface area contributed by atoms with Crippen molar-refractivity contribution in [2.75, 3.05) is 0 Å². The highest BCUT2D eigenvalue weighted by molar-refractivity contribution is 7.18. The van der Waals surface area contributed by atoms with Crippen molar-refractivity contribution >= 4 is 32.6 Å². The van der Waals surface area contributed by atoms with Gasteiger partial charge in [0.25, 0.3) is 0 Å². The lowest BCUT2D eigenvalue weighted by Gasteiger charge is -2.37. The van der Waals surface area contributed by atoms with Gasteiger partial charge in [-0.25, -0.2) is 13.8 Å². The number of aromatic nitrogens is 3. The SMILES string of the molecule is O[C@H](c1cc2ccc(-c3ccc4nccnc4c3)nc2s1)C1CC(F)(F)C1. The van der Waals surface area contributed by atoms with Gasteiger partial charge in [-0.3, -0.25) is 9.97 Å². The van der Waals surface area contributed by atoms with Crippen molar-refractivity contribution < 1.29 is 13.9 Å². The molecule has 1 aliphatic rings. The van der Waals surface area contributed by atoms with E-state index in [9.17, 15) is 13.9 Å². The molecule has 136 valence electrons. The number of pyridine rings is 1. The summed E-state index contributed by atoms with van der Waals surface area (Å²) in [6, 6.07) is 11.5. The third kappa shape index (κ3) is 2.96. The van der Waals surface area contributed by atoms with Gasteiger partial charge in [-0.2, -0.15) is 0 Å². The molecule has 4 aromatic rings. The molecule has 0 aliphatic heterocycles. The van der Waals surface area contributed by atoms with Crippen molar-refractivity contribution in [2.45, 2.75) is 24.9 Å². The second kappa shape index (κ2) is 6.00. The number of nitrogens with zero attached hydrogens (tertiary/aromatic N) is 3. The Morgan fingerprint density at radius 1 is 1.04 bits per heavy atom. The molecule has 0 radical (unpaired) electrons. The van der Waals surface area contributed by atoms with E-state index in [4.69, 9.17) is 4.98 Å². The highest BCUT2D eigenvalue weighted by atomic mass is 32.1. The van der Waals surface area contributed by atoms with Crippen LogP contribution in [-0.2, 0) is 0 Å². The summed E-state index contributed by atoms with van der Waals surface area (Å²) in [6.45, 7) is 0. The maximum Gasteiger partial charge on any atom is 0.248 e. The summed E-state index contributed by atoms with van der Waals surface area (Å²) in [4.78, 5) is 14.8. The first kappa shape index (κ1) is 16.6. The van der Waals surface area contributed by atoms with Crippen LogP contribution in [0.15, 0.2) is 48.8 Å². The molecular formula is C20H15F2N3OS. The summed E-state index contributed by atoms with van der Waals surface area (Å²) in [6.07, 6.45) is 1.95. The van der Waals surface area contributed by atoms with E-state index in [1.165, 1.54) is 11.3 Å². The molecule has 7 heteroatoms. The molecule has 0 unspecified atom stereocenters. The Labute approximate surface area is 157 Å². The van der Waals surface area contributed by atoms with Crippen LogP contribution < -0.4 is 0 Å². The van der Waals surface area contributed by atoms with Gasteiger partial charge < -0.3 is 5.11 Å². The Hall–Kier alpha value is -2.51. The molecule has 0 amide bonds. The Kier molecular flexibility index (Phi) is 3.70. The van der Waals surface area contributed by atoms with E-state index in [0.717, 1.165) is 32.5 Å². The minimum atomic E-state index is -2.63. The first-order chi connectivity index (χ1) is 13.0. The quantitative estimate of drug-likeness (QED) is 0.542. The van der Waals surface area contributed by atoms with Gasteiger partial charge >= 0.3 is 0 Å². The smallest absolute Gasteiger partial charge is 0.248 e. The third-order valence-corrected chi connectivity index (χ3v) is 6.14. The van der Waals surface area contributed by atoms with Crippen LogP contribution in [0.4, 0.5) is 8.78 Å². The highest BCUT2D eigenvalue weighted by Crippen LogP contribution is 2.49. The molecule has 1 fully saturated rings. The lowest BCUT2D eigenvalue weighted by atomic mass is 9.77. The molecule has 27 heavy (non-hydrogen) atoms. The van der Waals surface area contributed by atoms with E-state index < -0.39 is 12.0 Å². The van der Waals surface area contributed by atoms with Crippen molar-refractivity contribution in [3.63, 3.8) is 0 Å². The van der Waals surface area contributed by atoms with E-state index in [1.54, 1.807) is 12.4 Å². The zero-order valence-corrected chi connectivity index (χ0v) is 15.0. The second-order valence-electron chi connectivity index (χ2n) is 6.97. The average molecular weight is 383 g/mol. The standard InChI is InChI=1S/C20H15F2N3OS/c21-20(22)9-13(10-20)18(26)17-8-12-2-3-14(25-19(12)27-17)11-1-4-15-16(7-11)24-6-5-23-15/h1-8,13,18,26H,9-10H2/t18-/m0/s1. The zero-order chi connectivity index (χ0) is 18.6. The fourth-order valence-corrected chi connectivity index (χ4v) is 4.64. The number of aliphatic hydroxyl groups excluding tert-OH is 1. The molecule has 1 N–H and O–H groups in total. The summed E-state index contributed by atoms with van der Waals surface area (Å²) >= 11 is 1.36. The number of hydrogen-bond acceptors (Lipinski definition) is 5. The molecular weight excluding hydrogens is 368 g/mol. The number of benzene rings is 1. The number of alkyl halides is 2. The Balaban J connectivity index is 1.48. The minimum Gasteiger partial charge on any atom is -0.387 e. The predicted molar refractivity (Wildman–Crippen MR) is 101 cm³/mol. The van der Waals surface area contributed by atoms with E-state index in [1.807, 2.05) is 36.4 Å². The van der Waals surface area contributed by atoms with Crippen molar-refractivity contribution in [3.8, 4) is 11.3 Å². The van der Waals surface area contributed by atoms with Crippen LogP contribution in [0, 0.1) is 5.92 Å². The first-order valence-corrected chi connectivity index (χ1v) is 9.48. The molecule has 1 aliphatic carbocycles. The van der Waals surface area contributed by atoms with Crippen molar-refractivity contribution in [1.82, 2.24) is 15.0 Å². The van der Waals surface area contributed by atoms with Crippen LogP contribution in [0.2, 0.25) is 0 Å². The van der Waals surface area contributed by atoms with Gasteiger partial charge in [-0.15, -0.1) is 11.3 Å². The van der Waals surface area contributed by atoms with Crippen molar-refractivity contribution in [3.05, 3.63) is 53.7 Å². The van der Waals surface area contributed by atoms with Crippen LogP contribution in [0.5, 0.6) is 0 Å². The molecule has 1 saturated carbocycles. The summed E-state index contributed by atoms with van der Waals surface area (Å²) in [5.74, 6) is -3.02. The van der Waals surface area contributed by atoms with Crippen LogP contribution in [-0.4, -0.2) is 26.0 Å². The molecule has 0 spiro atoms. The molecule has 3 aromatic heterocycles. The van der Waals surface area contributed by atoms with Gasteiger partial charge in [-0.05, 0) is 30.3 Å². The number of aliphatic hydroxyl groups is 1.